The molecule has 0 spiro atoms. The fourth-order valence-electron chi connectivity index (χ4n) is 2.82. The second-order valence-electron chi connectivity index (χ2n) is 5.83. The number of amides is 1. The van der Waals surface area contributed by atoms with Crippen LogP contribution < -0.4 is 10.1 Å². The number of aromatic amines is 1. The fourth-order valence-corrected chi connectivity index (χ4v) is 3.71. The lowest BCUT2D eigenvalue weighted by molar-refractivity contribution is -0.274. The van der Waals surface area contributed by atoms with Crippen molar-refractivity contribution in [1.29, 1.82) is 0 Å². The number of rotatable bonds is 4. The fraction of sp³-hybridized carbons (Fsp3) is 0.235. The van der Waals surface area contributed by atoms with Gasteiger partial charge in [-0.3, -0.25) is 14.9 Å². The average Bonchev–Trinajstić information content (AvgIpc) is 3.04. The van der Waals surface area contributed by atoms with Crippen LogP contribution in [0.25, 0.3) is 10.2 Å². The first-order valence-corrected chi connectivity index (χ1v) is 8.54. The minimum Gasteiger partial charge on any atom is -0.406 e. The predicted octanol–water partition coefficient (Wildman–Crippen LogP) is 4.59. The maximum atomic E-state index is 12.5. The molecule has 0 unspecified atom stereocenters. The summed E-state index contributed by atoms with van der Waals surface area (Å²) in [6, 6.07) is 3.73. The molecule has 2 N–H and O–H groups in total. The summed E-state index contributed by atoms with van der Waals surface area (Å²) >= 11 is 1.01. The maximum Gasteiger partial charge on any atom is 0.573 e. The van der Waals surface area contributed by atoms with Gasteiger partial charge < -0.3 is 9.72 Å². The first kappa shape index (κ1) is 18.9. The number of H-pyrrole nitrogens is 1. The van der Waals surface area contributed by atoms with E-state index in [4.69, 9.17) is 0 Å². The lowest BCUT2D eigenvalue weighted by atomic mass is 10.1. The Morgan fingerprint density at radius 1 is 1.26 bits per heavy atom. The van der Waals surface area contributed by atoms with Crippen LogP contribution in [0.4, 0.5) is 18.3 Å². The largest absolute Gasteiger partial charge is 0.573 e. The molecule has 0 radical (unpaired) electrons. The molecule has 3 rings (SSSR count). The number of carbonyl (C=O) groups excluding carboxylic acids is 2. The standard InChI is InChI=1S/C17H14F3N3O3S/c1-7-13(9(3)24)8(2)21-14(7)15(25)23-16-22-11-5-4-10(6-12(11)27-16)26-17(18,19)20/h4-6,21H,1-3H3,(H,22,23,25). The van der Waals surface area contributed by atoms with Gasteiger partial charge >= 0.3 is 6.36 Å². The normalized spacial score (nSPS) is 11.6. The van der Waals surface area contributed by atoms with E-state index in [1.165, 1.54) is 19.1 Å². The summed E-state index contributed by atoms with van der Waals surface area (Å²) in [5.74, 6) is -1.01. The maximum absolute atomic E-state index is 12.5. The number of thiazole rings is 1. The first-order valence-electron chi connectivity index (χ1n) is 7.73. The van der Waals surface area contributed by atoms with E-state index in [1.54, 1.807) is 13.8 Å². The number of halogens is 3. The number of aryl methyl sites for hydroxylation is 1. The van der Waals surface area contributed by atoms with E-state index in [0.29, 0.717) is 27.0 Å². The van der Waals surface area contributed by atoms with Crippen LogP contribution in [0.5, 0.6) is 5.75 Å². The van der Waals surface area contributed by atoms with Crippen LogP contribution >= 0.6 is 11.3 Å². The molecule has 0 bridgehead atoms. The number of Topliss-reactive ketones (excluding diaryl/α,β-unsaturated/α-hetero) is 1. The van der Waals surface area contributed by atoms with Gasteiger partial charge in [0.15, 0.2) is 10.9 Å². The van der Waals surface area contributed by atoms with Gasteiger partial charge in [0.25, 0.3) is 5.91 Å². The zero-order valence-electron chi connectivity index (χ0n) is 14.4. The van der Waals surface area contributed by atoms with E-state index in [-0.39, 0.29) is 22.4 Å². The summed E-state index contributed by atoms with van der Waals surface area (Å²) in [6.07, 6.45) is -4.78. The Balaban J connectivity index is 1.85. The SMILES string of the molecule is CC(=O)c1c(C)[nH]c(C(=O)Nc2nc3ccc(OC(F)(F)F)cc3s2)c1C. The molecule has 0 saturated heterocycles. The third kappa shape index (κ3) is 3.95. The average molecular weight is 397 g/mol. The monoisotopic (exact) mass is 397 g/mol. The van der Waals surface area contributed by atoms with Crippen LogP contribution in [0.15, 0.2) is 18.2 Å². The number of nitrogens with one attached hydrogen (secondary N) is 2. The van der Waals surface area contributed by atoms with Gasteiger partial charge in [-0.25, -0.2) is 4.98 Å². The Hall–Kier alpha value is -2.88. The highest BCUT2D eigenvalue weighted by Crippen LogP contribution is 2.32. The van der Waals surface area contributed by atoms with Gasteiger partial charge in [-0.1, -0.05) is 11.3 Å². The number of hydrogen-bond donors (Lipinski definition) is 2. The number of ketones is 1. The van der Waals surface area contributed by atoms with Crippen molar-refractivity contribution in [2.45, 2.75) is 27.1 Å². The van der Waals surface area contributed by atoms with Gasteiger partial charge in [-0.15, -0.1) is 13.2 Å². The van der Waals surface area contributed by atoms with Crippen molar-refractivity contribution in [2.24, 2.45) is 0 Å². The number of ether oxygens (including phenoxy) is 1. The second-order valence-corrected chi connectivity index (χ2v) is 6.86. The molecule has 1 aromatic carbocycles. The van der Waals surface area contributed by atoms with Gasteiger partial charge in [0.05, 0.1) is 10.2 Å². The van der Waals surface area contributed by atoms with Crippen molar-refractivity contribution in [3.8, 4) is 5.75 Å². The van der Waals surface area contributed by atoms with E-state index in [1.807, 2.05) is 0 Å². The molecule has 3 aromatic rings. The lowest BCUT2D eigenvalue weighted by Gasteiger charge is -2.07. The number of fused-ring (bicyclic) bond motifs is 1. The Morgan fingerprint density at radius 3 is 2.56 bits per heavy atom. The van der Waals surface area contributed by atoms with Crippen molar-refractivity contribution in [3.63, 3.8) is 0 Å². The van der Waals surface area contributed by atoms with Crippen LogP contribution in [0, 0.1) is 13.8 Å². The molecule has 142 valence electrons. The number of benzene rings is 1. The molecular weight excluding hydrogens is 383 g/mol. The number of hydrogen-bond acceptors (Lipinski definition) is 5. The number of anilines is 1. The molecule has 10 heteroatoms. The topological polar surface area (TPSA) is 84.1 Å². The third-order valence-electron chi connectivity index (χ3n) is 3.83. The van der Waals surface area contributed by atoms with Gasteiger partial charge in [-0.2, -0.15) is 0 Å². The van der Waals surface area contributed by atoms with E-state index in [2.05, 4.69) is 20.0 Å². The number of carbonyl (C=O) groups is 2. The van der Waals surface area contributed by atoms with Crippen LogP contribution in [0.3, 0.4) is 0 Å². The van der Waals surface area contributed by atoms with Crippen molar-refractivity contribution in [2.75, 3.05) is 5.32 Å². The van der Waals surface area contributed by atoms with Crippen LogP contribution in [-0.4, -0.2) is 28.0 Å². The van der Waals surface area contributed by atoms with Crippen molar-refractivity contribution < 1.29 is 27.5 Å². The highest BCUT2D eigenvalue weighted by Gasteiger charge is 2.31. The van der Waals surface area contributed by atoms with E-state index < -0.39 is 12.3 Å². The molecular formula is C17H14F3N3O3S. The molecule has 6 nitrogen and oxygen atoms in total. The molecule has 0 saturated carbocycles. The summed E-state index contributed by atoms with van der Waals surface area (Å²) in [5.41, 5.74) is 2.23. The van der Waals surface area contributed by atoms with Crippen LogP contribution in [-0.2, 0) is 0 Å². The Kier molecular flexibility index (Phi) is 4.68. The molecule has 0 fully saturated rings. The number of aromatic nitrogens is 2. The molecule has 0 aliphatic rings. The van der Waals surface area contributed by atoms with Crippen molar-refractivity contribution in [1.82, 2.24) is 9.97 Å². The summed E-state index contributed by atoms with van der Waals surface area (Å²) in [6.45, 7) is 4.77. The minimum atomic E-state index is -4.78. The van der Waals surface area contributed by atoms with E-state index in [9.17, 15) is 22.8 Å². The van der Waals surface area contributed by atoms with Crippen LogP contribution in [0.2, 0.25) is 0 Å². The summed E-state index contributed by atoms with van der Waals surface area (Å²) in [5, 5.41) is 2.82. The van der Waals surface area contributed by atoms with Gasteiger partial charge in [0.1, 0.15) is 11.4 Å². The molecule has 1 amide bonds. The minimum absolute atomic E-state index is 0.155. The van der Waals surface area contributed by atoms with E-state index in [0.717, 1.165) is 17.4 Å². The van der Waals surface area contributed by atoms with Gasteiger partial charge in [0.2, 0.25) is 0 Å². The predicted molar refractivity (Wildman–Crippen MR) is 94.5 cm³/mol. The number of alkyl halides is 3. The molecule has 0 atom stereocenters. The molecule has 0 aliphatic carbocycles. The Morgan fingerprint density at radius 2 is 1.96 bits per heavy atom. The quantitative estimate of drug-likeness (QED) is 0.631. The second kappa shape index (κ2) is 6.69. The highest BCUT2D eigenvalue weighted by molar-refractivity contribution is 7.22. The summed E-state index contributed by atoms with van der Waals surface area (Å²) < 4.78 is 41.3. The molecule has 0 aliphatic heterocycles. The summed E-state index contributed by atoms with van der Waals surface area (Å²) in [4.78, 5) is 31.2. The molecule has 2 heterocycles. The third-order valence-corrected chi connectivity index (χ3v) is 4.76. The zero-order valence-corrected chi connectivity index (χ0v) is 15.3. The first-order chi connectivity index (χ1) is 12.5. The van der Waals surface area contributed by atoms with Gasteiger partial charge in [0, 0.05) is 17.3 Å². The molecule has 2 aromatic heterocycles. The molecule has 27 heavy (non-hydrogen) atoms. The zero-order chi connectivity index (χ0) is 19.9. The Bertz CT molecular complexity index is 1050. The smallest absolute Gasteiger partial charge is 0.406 e. The summed E-state index contributed by atoms with van der Waals surface area (Å²) in [7, 11) is 0. The van der Waals surface area contributed by atoms with E-state index >= 15 is 0 Å². The van der Waals surface area contributed by atoms with Gasteiger partial charge in [-0.05, 0) is 38.5 Å². The highest BCUT2D eigenvalue weighted by atomic mass is 32.1. The number of nitrogens with zero attached hydrogens (tertiary/aromatic N) is 1. The van der Waals surface area contributed by atoms with Crippen molar-refractivity contribution >= 4 is 38.4 Å². The Labute approximate surface area is 155 Å². The van der Waals surface area contributed by atoms with Crippen molar-refractivity contribution in [3.05, 3.63) is 40.7 Å². The lowest BCUT2D eigenvalue weighted by Crippen LogP contribution is -2.16. The van der Waals surface area contributed by atoms with Crippen LogP contribution in [0.1, 0.15) is 39.0 Å².